The Morgan fingerprint density at radius 1 is 1.18 bits per heavy atom. The average molecular weight is 398 g/mol. The highest BCUT2D eigenvalue weighted by Crippen LogP contribution is 2.43. The van der Waals surface area contributed by atoms with Gasteiger partial charge in [-0.2, -0.15) is 0 Å². The van der Waals surface area contributed by atoms with Gasteiger partial charge < -0.3 is 14.8 Å². The molecule has 0 aliphatic heterocycles. The number of amides is 1. The molecule has 0 radical (unpaired) electrons. The number of nitrogens with zero attached hydrogens (tertiary/aromatic N) is 1. The molecule has 1 aromatic carbocycles. The van der Waals surface area contributed by atoms with Crippen molar-refractivity contribution in [1.29, 1.82) is 0 Å². The van der Waals surface area contributed by atoms with Gasteiger partial charge in [-0.05, 0) is 31.5 Å². The minimum Gasteiger partial charge on any atom is -0.486 e. The van der Waals surface area contributed by atoms with Crippen LogP contribution < -0.4 is 10.1 Å². The first-order chi connectivity index (χ1) is 13.5. The fourth-order valence-corrected chi connectivity index (χ4v) is 4.01. The van der Waals surface area contributed by atoms with Crippen LogP contribution in [0.5, 0.6) is 5.75 Å². The number of rotatable bonds is 7. The lowest BCUT2D eigenvalue weighted by molar-refractivity contribution is -0.115. The molecule has 3 aromatic rings. The van der Waals surface area contributed by atoms with Gasteiger partial charge in [0.1, 0.15) is 22.9 Å². The van der Waals surface area contributed by atoms with E-state index in [0.29, 0.717) is 34.7 Å². The predicted molar refractivity (Wildman–Crippen MR) is 110 cm³/mol. The Kier molecular flexibility index (Phi) is 6.26. The number of aryl methyl sites for hydroxylation is 1. The number of aromatic nitrogens is 1. The summed E-state index contributed by atoms with van der Waals surface area (Å²) < 4.78 is 12.1. The molecule has 28 heavy (non-hydrogen) atoms. The van der Waals surface area contributed by atoms with Crippen LogP contribution in [-0.4, -0.2) is 23.5 Å². The minimum atomic E-state index is -0.459. The molecule has 0 unspecified atom stereocenters. The Morgan fingerprint density at radius 2 is 2.00 bits per heavy atom. The summed E-state index contributed by atoms with van der Waals surface area (Å²) in [6.07, 6.45) is 2.03. The molecular formula is C21H22N2O4S. The fourth-order valence-electron chi connectivity index (χ4n) is 2.75. The lowest BCUT2D eigenvalue weighted by Gasteiger charge is -2.10. The fraction of sp³-hybridized carbons (Fsp3) is 0.286. The van der Waals surface area contributed by atoms with E-state index in [2.05, 4.69) is 10.3 Å². The number of benzene rings is 1. The van der Waals surface area contributed by atoms with Crippen molar-refractivity contribution in [3.05, 3.63) is 53.3 Å². The van der Waals surface area contributed by atoms with Gasteiger partial charge in [0.25, 0.3) is 0 Å². The molecule has 146 valence electrons. The van der Waals surface area contributed by atoms with Gasteiger partial charge >= 0.3 is 5.97 Å². The van der Waals surface area contributed by atoms with Crippen molar-refractivity contribution in [3.8, 4) is 5.75 Å². The zero-order chi connectivity index (χ0) is 20.1. The van der Waals surface area contributed by atoms with E-state index in [1.807, 2.05) is 37.3 Å². The Bertz CT molecular complexity index is 999. The van der Waals surface area contributed by atoms with Crippen LogP contribution in [0.15, 0.2) is 36.5 Å². The maximum Gasteiger partial charge on any atom is 0.341 e. The molecule has 0 saturated heterocycles. The second kappa shape index (κ2) is 8.84. The van der Waals surface area contributed by atoms with Crippen LogP contribution in [0.2, 0.25) is 0 Å². The predicted octanol–water partition coefficient (Wildman–Crippen LogP) is 4.71. The van der Waals surface area contributed by atoms with E-state index < -0.39 is 5.97 Å². The van der Waals surface area contributed by atoms with E-state index in [4.69, 9.17) is 9.47 Å². The van der Waals surface area contributed by atoms with Gasteiger partial charge in [0.15, 0.2) is 0 Å². The van der Waals surface area contributed by atoms with E-state index >= 15 is 0 Å². The van der Waals surface area contributed by atoms with Crippen molar-refractivity contribution in [2.45, 2.75) is 33.8 Å². The largest absolute Gasteiger partial charge is 0.486 e. The summed E-state index contributed by atoms with van der Waals surface area (Å²) >= 11 is 1.32. The van der Waals surface area contributed by atoms with Crippen molar-refractivity contribution >= 4 is 38.3 Å². The molecule has 0 aliphatic rings. The van der Waals surface area contributed by atoms with Gasteiger partial charge in [0.05, 0.1) is 17.0 Å². The third-order valence-corrected chi connectivity index (χ3v) is 5.27. The third-order valence-electron chi connectivity index (χ3n) is 4.15. The molecule has 7 heteroatoms. The molecule has 1 amide bonds. The Balaban J connectivity index is 2.06. The summed E-state index contributed by atoms with van der Waals surface area (Å²) in [7, 11) is 0. The van der Waals surface area contributed by atoms with Crippen LogP contribution in [0.3, 0.4) is 0 Å². The zero-order valence-electron chi connectivity index (χ0n) is 16.1. The Morgan fingerprint density at radius 3 is 2.68 bits per heavy atom. The third kappa shape index (κ3) is 4.14. The quantitative estimate of drug-likeness (QED) is 0.583. The number of fused-ring (bicyclic) bond motifs is 1. The van der Waals surface area contributed by atoms with Crippen molar-refractivity contribution < 1.29 is 19.1 Å². The number of hydrogen-bond donors (Lipinski definition) is 1. The highest BCUT2D eigenvalue weighted by molar-refractivity contribution is 7.24. The lowest BCUT2D eigenvalue weighted by atomic mass is 10.1. The topological polar surface area (TPSA) is 77.5 Å². The maximum absolute atomic E-state index is 12.6. The van der Waals surface area contributed by atoms with E-state index in [9.17, 15) is 9.59 Å². The molecule has 0 spiro atoms. The molecule has 2 heterocycles. The normalized spacial score (nSPS) is 10.7. The number of carbonyl (C=O) groups is 2. The summed E-state index contributed by atoms with van der Waals surface area (Å²) in [5.41, 5.74) is 2.11. The molecule has 6 nitrogen and oxygen atoms in total. The summed E-state index contributed by atoms with van der Waals surface area (Å²) in [5.74, 6) is 0.0557. The Labute approximate surface area is 167 Å². The van der Waals surface area contributed by atoms with E-state index in [1.54, 1.807) is 20.0 Å². The molecule has 3 rings (SSSR count). The number of nitrogens with one attached hydrogen (secondary N) is 1. The molecule has 0 atom stereocenters. The first-order valence-corrected chi connectivity index (χ1v) is 9.92. The van der Waals surface area contributed by atoms with Crippen LogP contribution in [0.4, 0.5) is 5.00 Å². The molecule has 0 bridgehead atoms. The van der Waals surface area contributed by atoms with Gasteiger partial charge in [-0.15, -0.1) is 11.3 Å². The van der Waals surface area contributed by atoms with Gasteiger partial charge in [0, 0.05) is 18.0 Å². The first kappa shape index (κ1) is 19.8. The molecule has 0 aliphatic carbocycles. The number of pyridine rings is 1. The van der Waals surface area contributed by atoms with Crippen LogP contribution in [-0.2, 0) is 16.1 Å². The second-order valence-corrected chi connectivity index (χ2v) is 7.15. The smallest absolute Gasteiger partial charge is 0.341 e. The standard InChI is InChI=1S/C21H22N2O4S/c1-4-16(24)23-20-17(21(25)26-5-2)15-10-9-13(3)18(19(15)28-20)27-12-14-8-6-7-11-22-14/h6-11H,4-5,12H2,1-3H3,(H,23,24). The number of carbonyl (C=O) groups excluding carboxylic acids is 2. The van der Waals surface area contributed by atoms with Gasteiger partial charge in [-0.1, -0.05) is 25.1 Å². The van der Waals surface area contributed by atoms with E-state index in [-0.39, 0.29) is 12.5 Å². The van der Waals surface area contributed by atoms with Crippen molar-refractivity contribution in [3.63, 3.8) is 0 Å². The molecule has 0 saturated carbocycles. The van der Waals surface area contributed by atoms with Crippen LogP contribution in [0, 0.1) is 6.92 Å². The van der Waals surface area contributed by atoms with Gasteiger partial charge in [-0.3, -0.25) is 9.78 Å². The molecule has 2 aromatic heterocycles. The molecule has 0 fully saturated rings. The summed E-state index contributed by atoms with van der Waals surface area (Å²) in [5, 5.41) is 4.01. The first-order valence-electron chi connectivity index (χ1n) is 9.10. The van der Waals surface area contributed by atoms with Crippen molar-refractivity contribution in [1.82, 2.24) is 4.98 Å². The van der Waals surface area contributed by atoms with Gasteiger partial charge in [0.2, 0.25) is 5.91 Å². The van der Waals surface area contributed by atoms with Crippen molar-refractivity contribution in [2.24, 2.45) is 0 Å². The lowest BCUT2D eigenvalue weighted by Crippen LogP contribution is -2.12. The number of esters is 1. The molecular weight excluding hydrogens is 376 g/mol. The van der Waals surface area contributed by atoms with Crippen molar-refractivity contribution in [2.75, 3.05) is 11.9 Å². The van der Waals surface area contributed by atoms with E-state index in [0.717, 1.165) is 16.0 Å². The van der Waals surface area contributed by atoms with Crippen LogP contribution in [0.1, 0.15) is 41.9 Å². The summed E-state index contributed by atoms with van der Waals surface area (Å²) in [4.78, 5) is 28.8. The second-order valence-electron chi connectivity index (χ2n) is 6.13. The number of thiophene rings is 1. The highest BCUT2D eigenvalue weighted by Gasteiger charge is 2.24. The average Bonchev–Trinajstić information content (AvgIpc) is 3.06. The van der Waals surface area contributed by atoms with Gasteiger partial charge in [-0.25, -0.2) is 4.79 Å². The van der Waals surface area contributed by atoms with E-state index in [1.165, 1.54) is 11.3 Å². The number of ether oxygens (including phenoxy) is 2. The number of anilines is 1. The summed E-state index contributed by atoms with van der Waals surface area (Å²) in [6, 6.07) is 9.41. The zero-order valence-corrected chi connectivity index (χ0v) is 16.9. The minimum absolute atomic E-state index is 0.162. The monoisotopic (exact) mass is 398 g/mol. The maximum atomic E-state index is 12.6. The Hall–Kier alpha value is -2.93. The highest BCUT2D eigenvalue weighted by atomic mass is 32.1. The van der Waals surface area contributed by atoms with Crippen LogP contribution in [0.25, 0.3) is 10.1 Å². The summed E-state index contributed by atoms with van der Waals surface area (Å²) in [6.45, 7) is 6.03. The molecule has 1 N–H and O–H groups in total. The SMILES string of the molecule is CCOC(=O)c1c(NC(=O)CC)sc2c(OCc3ccccn3)c(C)ccc12. The number of hydrogen-bond acceptors (Lipinski definition) is 6. The van der Waals surface area contributed by atoms with Crippen LogP contribution >= 0.6 is 11.3 Å².